The van der Waals surface area contributed by atoms with Gasteiger partial charge >= 0.3 is 0 Å². The molecule has 3 atom stereocenters. The molecule has 0 aliphatic carbocycles. The number of hydrogen-bond acceptors (Lipinski definition) is 6. The van der Waals surface area contributed by atoms with E-state index in [0.29, 0.717) is 17.4 Å². The predicted octanol–water partition coefficient (Wildman–Crippen LogP) is 16.6. The summed E-state index contributed by atoms with van der Waals surface area (Å²) in [7, 11) is 1.23. The lowest BCUT2D eigenvalue weighted by Gasteiger charge is -2.29. The first-order valence-corrected chi connectivity index (χ1v) is 29.7. The molecule has 0 radical (unpaired) electrons. The van der Waals surface area contributed by atoms with Crippen molar-refractivity contribution in [2.45, 2.75) is 231 Å². The van der Waals surface area contributed by atoms with E-state index in [1.54, 1.807) is 6.08 Å². The maximum atomic E-state index is 12.8. The van der Waals surface area contributed by atoms with E-state index in [9.17, 15) is 19.4 Å². The van der Waals surface area contributed by atoms with Crippen LogP contribution in [0.5, 0.6) is 0 Å². The number of quaternary nitrogens is 1. The standard InChI is InChI=1S/C61H107N2O6P/c1-6-8-10-12-14-15-16-17-18-19-20-21-22-23-24-25-26-27-28-29-30-31-32-33-34-35-36-37-38-39-40-41-42-43-44-45-46-47-49-51-53-55-61(65)62-59(60(64)54-52-50-48-13-11-9-7-2)58-69-70(66,67)68-57-56-63(3,4)5/h8,10-11,13-15,17-18,20-21,23-24,26-27,29-30,52,54,59-60,64H,6-7,9,12,16,19,22,25,28,31-51,53,55-58H2,1-5H3,(H-,62,65,66,67)/b10-8-,13-11+,15-14-,18-17-,21-20-,24-23-,27-26-,30-29-,54-52+. The largest absolute Gasteiger partial charge is 0.756 e. The average Bonchev–Trinajstić information content (AvgIpc) is 3.32. The van der Waals surface area contributed by atoms with E-state index in [-0.39, 0.29) is 12.5 Å². The van der Waals surface area contributed by atoms with Crippen LogP contribution >= 0.6 is 7.82 Å². The number of rotatable bonds is 50. The van der Waals surface area contributed by atoms with Gasteiger partial charge in [0.2, 0.25) is 5.91 Å². The number of carbonyl (C=O) groups is 1. The molecule has 0 fully saturated rings. The quantitative estimate of drug-likeness (QED) is 0.0272. The molecule has 0 saturated carbocycles. The second kappa shape index (κ2) is 51.1. The highest BCUT2D eigenvalue weighted by Gasteiger charge is 2.23. The molecule has 402 valence electrons. The van der Waals surface area contributed by atoms with E-state index < -0.39 is 26.6 Å². The van der Waals surface area contributed by atoms with Gasteiger partial charge in [0.1, 0.15) is 13.2 Å². The fourth-order valence-electron chi connectivity index (χ4n) is 7.57. The Balaban J connectivity index is 3.83. The number of aliphatic hydroxyl groups is 1. The zero-order valence-corrected chi connectivity index (χ0v) is 46.6. The average molecular weight is 996 g/mol. The van der Waals surface area contributed by atoms with Gasteiger partial charge in [-0.25, -0.2) is 0 Å². The van der Waals surface area contributed by atoms with Gasteiger partial charge in [-0.05, 0) is 83.5 Å². The van der Waals surface area contributed by atoms with Gasteiger partial charge in [-0.2, -0.15) is 0 Å². The van der Waals surface area contributed by atoms with Crippen LogP contribution in [0.2, 0.25) is 0 Å². The highest BCUT2D eigenvalue weighted by atomic mass is 31.2. The molecule has 9 heteroatoms. The molecular weight excluding hydrogens is 888 g/mol. The highest BCUT2D eigenvalue weighted by molar-refractivity contribution is 7.45. The van der Waals surface area contributed by atoms with Crippen LogP contribution < -0.4 is 10.2 Å². The van der Waals surface area contributed by atoms with Crippen molar-refractivity contribution in [2.24, 2.45) is 0 Å². The first-order chi connectivity index (χ1) is 34.0. The molecule has 0 spiro atoms. The minimum atomic E-state index is -4.59. The van der Waals surface area contributed by atoms with Gasteiger partial charge in [-0.15, -0.1) is 0 Å². The summed E-state index contributed by atoms with van der Waals surface area (Å²) in [6.45, 7) is 4.39. The van der Waals surface area contributed by atoms with Gasteiger partial charge in [0.15, 0.2) is 0 Å². The molecule has 0 aromatic rings. The second-order valence-electron chi connectivity index (χ2n) is 19.9. The molecule has 1 amide bonds. The van der Waals surface area contributed by atoms with Crippen molar-refractivity contribution in [2.75, 3.05) is 40.9 Å². The molecule has 0 aliphatic heterocycles. The SMILES string of the molecule is CC/C=C\C/C=C\C/C=C\C/C=C\C/C=C\C/C=C\C/C=C\CCCCCCCCCCCCCCCCCCCCCC(=O)NC(COP(=O)([O-])OCC[N+](C)(C)C)C(O)/C=C/CC/C=C/CCC. The van der Waals surface area contributed by atoms with Gasteiger partial charge in [0, 0.05) is 6.42 Å². The molecule has 0 bridgehead atoms. The third-order valence-corrected chi connectivity index (χ3v) is 12.9. The zero-order chi connectivity index (χ0) is 51.3. The Bertz CT molecular complexity index is 1500. The summed E-state index contributed by atoms with van der Waals surface area (Å²) in [6, 6.07) is -0.904. The Morgan fingerprint density at radius 1 is 0.514 bits per heavy atom. The van der Waals surface area contributed by atoms with Gasteiger partial charge in [0.25, 0.3) is 7.82 Å². The number of allylic oxidation sites excluding steroid dienone is 17. The van der Waals surface area contributed by atoms with Gasteiger partial charge in [-0.1, -0.05) is 239 Å². The van der Waals surface area contributed by atoms with Crippen molar-refractivity contribution in [1.82, 2.24) is 5.32 Å². The van der Waals surface area contributed by atoms with Crippen molar-refractivity contribution in [3.8, 4) is 0 Å². The summed E-state index contributed by atoms with van der Waals surface area (Å²) in [5, 5.41) is 13.7. The summed E-state index contributed by atoms with van der Waals surface area (Å²) in [4.78, 5) is 25.3. The summed E-state index contributed by atoms with van der Waals surface area (Å²) < 4.78 is 23.1. The molecule has 0 heterocycles. The van der Waals surface area contributed by atoms with Gasteiger partial charge < -0.3 is 28.8 Å². The normalized spacial score (nSPS) is 14.8. The topological polar surface area (TPSA) is 108 Å². The van der Waals surface area contributed by atoms with Gasteiger partial charge in [0.05, 0.1) is 39.9 Å². The van der Waals surface area contributed by atoms with Crippen molar-refractivity contribution >= 4 is 13.7 Å². The van der Waals surface area contributed by atoms with E-state index in [0.717, 1.165) is 89.9 Å². The lowest BCUT2D eigenvalue weighted by molar-refractivity contribution is -0.870. The summed E-state index contributed by atoms with van der Waals surface area (Å²) in [5.41, 5.74) is 0. The van der Waals surface area contributed by atoms with Crippen molar-refractivity contribution in [3.05, 3.63) is 109 Å². The molecule has 2 N–H and O–H groups in total. The lowest BCUT2D eigenvalue weighted by atomic mass is 10.0. The van der Waals surface area contributed by atoms with Gasteiger partial charge in [-0.3, -0.25) is 9.36 Å². The number of unbranched alkanes of at least 4 members (excludes halogenated alkanes) is 21. The fourth-order valence-corrected chi connectivity index (χ4v) is 8.29. The third kappa shape index (κ3) is 53.0. The van der Waals surface area contributed by atoms with E-state index in [1.807, 2.05) is 27.2 Å². The monoisotopic (exact) mass is 995 g/mol. The van der Waals surface area contributed by atoms with E-state index in [4.69, 9.17) is 9.05 Å². The van der Waals surface area contributed by atoms with E-state index >= 15 is 0 Å². The number of amides is 1. The number of carbonyl (C=O) groups excluding carboxylic acids is 1. The Morgan fingerprint density at radius 3 is 1.31 bits per heavy atom. The smallest absolute Gasteiger partial charge is 0.268 e. The Morgan fingerprint density at radius 2 is 0.886 bits per heavy atom. The molecular formula is C61H107N2O6P. The highest BCUT2D eigenvalue weighted by Crippen LogP contribution is 2.38. The van der Waals surface area contributed by atoms with Crippen LogP contribution in [0.1, 0.15) is 219 Å². The molecule has 0 aromatic carbocycles. The molecule has 3 unspecified atom stereocenters. The number of phosphoric ester groups is 1. The number of nitrogens with one attached hydrogen (secondary N) is 1. The second-order valence-corrected chi connectivity index (χ2v) is 21.3. The molecule has 8 nitrogen and oxygen atoms in total. The maximum Gasteiger partial charge on any atom is 0.268 e. The fraction of sp³-hybridized carbons (Fsp3) is 0.689. The van der Waals surface area contributed by atoms with Crippen LogP contribution in [-0.2, 0) is 18.4 Å². The molecule has 0 saturated heterocycles. The number of likely N-dealkylation sites (N-methyl/N-ethyl adjacent to an activating group) is 1. The van der Waals surface area contributed by atoms with Crippen LogP contribution in [0.3, 0.4) is 0 Å². The van der Waals surface area contributed by atoms with E-state index in [1.165, 1.54) is 109 Å². The van der Waals surface area contributed by atoms with Crippen molar-refractivity contribution in [1.29, 1.82) is 0 Å². The maximum absolute atomic E-state index is 12.8. The molecule has 0 aromatic heterocycles. The van der Waals surface area contributed by atoms with Crippen LogP contribution in [-0.4, -0.2) is 68.5 Å². The first kappa shape index (κ1) is 67.2. The van der Waals surface area contributed by atoms with Crippen molar-refractivity contribution in [3.63, 3.8) is 0 Å². The lowest BCUT2D eigenvalue weighted by Crippen LogP contribution is -2.45. The molecule has 0 aliphatic rings. The van der Waals surface area contributed by atoms with Crippen molar-refractivity contribution < 1.29 is 32.9 Å². The van der Waals surface area contributed by atoms with Crippen LogP contribution in [0.4, 0.5) is 0 Å². The summed E-state index contributed by atoms with van der Waals surface area (Å²) in [6.07, 6.45) is 75.1. The van der Waals surface area contributed by atoms with E-state index in [2.05, 4.69) is 116 Å². The zero-order valence-electron chi connectivity index (χ0n) is 45.7. The van der Waals surface area contributed by atoms with Crippen LogP contribution in [0.15, 0.2) is 109 Å². The Kier molecular flexibility index (Phi) is 49.0. The molecule has 70 heavy (non-hydrogen) atoms. The third-order valence-electron chi connectivity index (χ3n) is 11.9. The minimum absolute atomic E-state index is 0.00967. The Labute approximate surface area is 431 Å². The number of aliphatic hydroxyl groups excluding tert-OH is 1. The minimum Gasteiger partial charge on any atom is -0.756 e. The number of nitrogens with zero attached hydrogens (tertiary/aromatic N) is 1. The van der Waals surface area contributed by atoms with Crippen LogP contribution in [0.25, 0.3) is 0 Å². The summed E-state index contributed by atoms with van der Waals surface area (Å²) >= 11 is 0. The number of hydrogen-bond donors (Lipinski definition) is 2. The van der Waals surface area contributed by atoms with Crippen LogP contribution in [0, 0.1) is 0 Å². The predicted molar refractivity (Wildman–Crippen MR) is 302 cm³/mol. The molecule has 0 rings (SSSR count). The first-order valence-electron chi connectivity index (χ1n) is 28.2. The Hall–Kier alpha value is -2.84. The summed E-state index contributed by atoms with van der Waals surface area (Å²) in [5.74, 6) is -0.214. The number of phosphoric acid groups is 1.